The molecule has 0 spiro atoms. The van der Waals surface area contributed by atoms with Crippen molar-refractivity contribution < 1.29 is 27.4 Å². The van der Waals surface area contributed by atoms with Crippen molar-refractivity contribution in [3.63, 3.8) is 0 Å². The van der Waals surface area contributed by atoms with E-state index in [0.29, 0.717) is 0 Å². The van der Waals surface area contributed by atoms with Crippen LogP contribution >= 0.6 is 0 Å². The number of para-hydroxylation sites is 2. The number of nitrogens with one attached hydrogen (secondary N) is 1. The van der Waals surface area contributed by atoms with Crippen LogP contribution in [-0.2, 0) is 9.53 Å². The monoisotopic (exact) mass is 290 g/mol. The summed E-state index contributed by atoms with van der Waals surface area (Å²) in [7, 11) is 0. The molecule has 0 atom stereocenters. The number of halogens is 3. The molecule has 1 aromatic rings. The van der Waals surface area contributed by atoms with Crippen LogP contribution in [-0.4, -0.2) is 24.7 Å². The highest BCUT2D eigenvalue weighted by molar-refractivity contribution is 6.35. The molecule has 1 N–H and O–H groups in total. The van der Waals surface area contributed by atoms with Gasteiger partial charge in [-0.15, -0.1) is 13.2 Å². The third-order valence-electron chi connectivity index (χ3n) is 2.03. The van der Waals surface area contributed by atoms with E-state index in [1.807, 2.05) is 0 Å². The molecule has 0 heterocycles. The molecule has 0 bridgehead atoms. The largest absolute Gasteiger partial charge is 0.573 e. The Morgan fingerprint density at radius 2 is 2.00 bits per heavy atom. The van der Waals surface area contributed by atoms with Crippen LogP contribution in [0.15, 0.2) is 29.4 Å². The van der Waals surface area contributed by atoms with Gasteiger partial charge in [0.1, 0.15) is 5.71 Å². The molecule has 0 aliphatic heterocycles. The molecular weight excluding hydrogens is 277 g/mol. The van der Waals surface area contributed by atoms with E-state index in [4.69, 9.17) is 0 Å². The molecule has 0 amide bonds. The molecular formula is C12H13F3N2O3. The van der Waals surface area contributed by atoms with Crippen molar-refractivity contribution >= 4 is 17.4 Å². The van der Waals surface area contributed by atoms with Crippen molar-refractivity contribution in [2.45, 2.75) is 20.2 Å². The SMILES string of the molecule is CCOC(=O)/C(C)=N/Nc1ccccc1OC(F)(F)F. The number of hydrogen-bond acceptors (Lipinski definition) is 5. The highest BCUT2D eigenvalue weighted by Crippen LogP contribution is 2.29. The highest BCUT2D eigenvalue weighted by Gasteiger charge is 2.32. The van der Waals surface area contributed by atoms with Gasteiger partial charge >= 0.3 is 12.3 Å². The molecule has 0 aliphatic carbocycles. The van der Waals surface area contributed by atoms with Crippen molar-refractivity contribution in [2.24, 2.45) is 5.10 Å². The first kappa shape index (κ1) is 15.8. The first-order chi connectivity index (χ1) is 9.33. The lowest BCUT2D eigenvalue weighted by molar-refractivity contribution is -0.274. The van der Waals surface area contributed by atoms with Crippen LogP contribution in [0.5, 0.6) is 5.75 Å². The normalized spacial score (nSPS) is 11.9. The van der Waals surface area contributed by atoms with Gasteiger partial charge in [0.15, 0.2) is 5.75 Å². The van der Waals surface area contributed by atoms with Crippen molar-refractivity contribution in [3.8, 4) is 5.75 Å². The summed E-state index contributed by atoms with van der Waals surface area (Å²) in [4.78, 5) is 11.3. The van der Waals surface area contributed by atoms with Gasteiger partial charge in [0.2, 0.25) is 0 Å². The van der Waals surface area contributed by atoms with Crippen LogP contribution in [0.4, 0.5) is 18.9 Å². The van der Waals surface area contributed by atoms with Crippen LogP contribution in [0.1, 0.15) is 13.8 Å². The molecule has 0 radical (unpaired) electrons. The topological polar surface area (TPSA) is 59.9 Å². The standard InChI is InChI=1S/C12H13F3N2O3/c1-3-19-11(18)8(2)16-17-9-6-4-5-7-10(9)20-12(13,14)15/h4-7,17H,3H2,1-2H3/b16-8+. The smallest absolute Gasteiger partial charge is 0.461 e. The summed E-state index contributed by atoms with van der Waals surface area (Å²) in [5.74, 6) is -1.10. The number of esters is 1. The van der Waals surface area contributed by atoms with Gasteiger partial charge in [-0.25, -0.2) is 4.79 Å². The van der Waals surface area contributed by atoms with E-state index < -0.39 is 18.1 Å². The summed E-state index contributed by atoms with van der Waals surface area (Å²) in [5, 5.41) is 3.65. The molecule has 0 saturated carbocycles. The number of carbonyl (C=O) groups excluding carboxylic acids is 1. The minimum Gasteiger partial charge on any atom is -0.461 e. The van der Waals surface area contributed by atoms with Crippen LogP contribution in [0.2, 0.25) is 0 Å². The molecule has 0 unspecified atom stereocenters. The maximum absolute atomic E-state index is 12.2. The number of carbonyl (C=O) groups is 1. The third-order valence-corrected chi connectivity index (χ3v) is 2.03. The number of ether oxygens (including phenoxy) is 2. The molecule has 0 aromatic heterocycles. The van der Waals surface area contributed by atoms with E-state index in [1.165, 1.54) is 25.1 Å². The first-order valence-corrected chi connectivity index (χ1v) is 5.65. The zero-order valence-electron chi connectivity index (χ0n) is 10.8. The van der Waals surface area contributed by atoms with E-state index in [9.17, 15) is 18.0 Å². The summed E-state index contributed by atoms with van der Waals surface area (Å²) >= 11 is 0. The van der Waals surface area contributed by atoms with E-state index >= 15 is 0 Å². The highest BCUT2D eigenvalue weighted by atomic mass is 19.4. The van der Waals surface area contributed by atoms with Gasteiger partial charge in [0.05, 0.1) is 12.3 Å². The summed E-state index contributed by atoms with van der Waals surface area (Å²) in [6.45, 7) is 3.18. The van der Waals surface area contributed by atoms with Crippen molar-refractivity contribution in [2.75, 3.05) is 12.0 Å². The summed E-state index contributed by atoms with van der Waals surface area (Å²) in [5.41, 5.74) is 2.30. The molecule has 0 saturated heterocycles. The van der Waals surface area contributed by atoms with Gasteiger partial charge < -0.3 is 9.47 Å². The third kappa shape index (κ3) is 5.17. The summed E-state index contributed by atoms with van der Waals surface area (Å²) in [6.07, 6.45) is -4.81. The number of anilines is 1. The molecule has 5 nitrogen and oxygen atoms in total. The average molecular weight is 290 g/mol. The van der Waals surface area contributed by atoms with Gasteiger partial charge in [-0.2, -0.15) is 5.10 Å². The summed E-state index contributed by atoms with van der Waals surface area (Å²) < 4.78 is 45.1. The number of alkyl halides is 3. The molecule has 1 aromatic carbocycles. The molecule has 20 heavy (non-hydrogen) atoms. The molecule has 0 fully saturated rings. The van der Waals surface area contributed by atoms with Crippen LogP contribution in [0, 0.1) is 0 Å². The van der Waals surface area contributed by atoms with Crippen molar-refractivity contribution in [1.82, 2.24) is 0 Å². The Labute approximate surface area is 113 Å². The number of hydrazone groups is 1. The van der Waals surface area contributed by atoms with Gasteiger partial charge in [0.25, 0.3) is 0 Å². The molecule has 8 heteroatoms. The maximum atomic E-state index is 12.2. The summed E-state index contributed by atoms with van der Waals surface area (Å²) in [6, 6.07) is 5.35. The van der Waals surface area contributed by atoms with Crippen molar-refractivity contribution in [3.05, 3.63) is 24.3 Å². The number of rotatable bonds is 5. The Morgan fingerprint density at radius 3 is 2.60 bits per heavy atom. The zero-order chi connectivity index (χ0) is 15.2. The second-order valence-corrected chi connectivity index (χ2v) is 3.57. The lowest BCUT2D eigenvalue weighted by atomic mass is 10.3. The van der Waals surface area contributed by atoms with Gasteiger partial charge in [-0.1, -0.05) is 12.1 Å². The lowest BCUT2D eigenvalue weighted by Crippen LogP contribution is -2.18. The molecule has 0 aliphatic rings. The van der Waals surface area contributed by atoms with E-state index in [0.717, 1.165) is 6.07 Å². The Balaban J connectivity index is 2.83. The zero-order valence-corrected chi connectivity index (χ0v) is 10.8. The van der Waals surface area contributed by atoms with Crippen LogP contribution < -0.4 is 10.2 Å². The molecule has 1 rings (SSSR count). The Bertz CT molecular complexity index is 501. The second-order valence-electron chi connectivity index (χ2n) is 3.57. The van der Waals surface area contributed by atoms with E-state index in [1.54, 1.807) is 6.92 Å². The van der Waals surface area contributed by atoms with Gasteiger partial charge in [0, 0.05) is 0 Å². The Morgan fingerprint density at radius 1 is 1.35 bits per heavy atom. The van der Waals surface area contributed by atoms with E-state index in [2.05, 4.69) is 20.0 Å². The van der Waals surface area contributed by atoms with Crippen LogP contribution in [0.3, 0.4) is 0 Å². The number of benzene rings is 1. The minimum atomic E-state index is -4.81. The average Bonchev–Trinajstić information content (AvgIpc) is 2.35. The van der Waals surface area contributed by atoms with Crippen LogP contribution in [0.25, 0.3) is 0 Å². The Hall–Kier alpha value is -2.25. The second kappa shape index (κ2) is 6.78. The number of hydrogen-bond donors (Lipinski definition) is 1. The Kier molecular flexibility index (Phi) is 5.36. The van der Waals surface area contributed by atoms with Crippen molar-refractivity contribution in [1.29, 1.82) is 0 Å². The number of nitrogens with zero attached hydrogens (tertiary/aromatic N) is 1. The lowest BCUT2D eigenvalue weighted by Gasteiger charge is -2.12. The van der Waals surface area contributed by atoms with Gasteiger partial charge in [-0.05, 0) is 26.0 Å². The fraction of sp³-hybridized carbons (Fsp3) is 0.333. The maximum Gasteiger partial charge on any atom is 0.573 e. The molecule has 110 valence electrons. The quantitative estimate of drug-likeness (QED) is 0.514. The van der Waals surface area contributed by atoms with E-state index in [-0.39, 0.29) is 18.0 Å². The predicted octanol–water partition coefficient (Wildman–Crippen LogP) is 2.94. The first-order valence-electron chi connectivity index (χ1n) is 5.65. The minimum absolute atomic E-state index is 0.0198. The van der Waals surface area contributed by atoms with Gasteiger partial charge in [-0.3, -0.25) is 5.43 Å². The predicted molar refractivity (Wildman–Crippen MR) is 66.5 cm³/mol. The fourth-order valence-electron chi connectivity index (χ4n) is 1.20. The fourth-order valence-corrected chi connectivity index (χ4v) is 1.20.